The number of aromatic hydroxyl groups is 1. The van der Waals surface area contributed by atoms with Crippen LogP contribution in [0.2, 0.25) is 0 Å². The number of sulfonamides is 1. The Morgan fingerprint density at radius 1 is 1.00 bits per heavy atom. The van der Waals surface area contributed by atoms with Crippen LogP contribution in [0.4, 0.5) is 5.69 Å². The number of hydrogen-bond donors (Lipinski definition) is 3. The molecule has 0 fully saturated rings. The number of fused-ring (bicyclic) bond motifs is 2. The molecule has 6 nitrogen and oxygen atoms in total. The van der Waals surface area contributed by atoms with Gasteiger partial charge in [-0.05, 0) is 61.9 Å². The molecule has 0 aliphatic carbocycles. The molecule has 4 aromatic carbocycles. The summed E-state index contributed by atoms with van der Waals surface area (Å²) in [5.41, 5.74) is -0.00605. The average molecular weight is 510 g/mol. The van der Waals surface area contributed by atoms with Gasteiger partial charge >= 0.3 is 0 Å². The van der Waals surface area contributed by atoms with Gasteiger partial charge in [-0.15, -0.1) is 11.8 Å². The second-order valence-corrected chi connectivity index (χ2v) is 11.9. The topological polar surface area (TPSA) is 95.9 Å². The minimum atomic E-state index is -3.94. The standard InChI is InChI=1S/C27H27NO5S2/c1-17(29)16-34-25-15-24(22-7-5-6-8-23(22)26(25)30)28-35(31,32)21-12-10-18-13-20(33-27(2,3)4)11-9-19(18)14-21/h5-15,28-30H,1,16H2,2-4H3. The molecule has 4 rings (SSSR count). The van der Waals surface area contributed by atoms with Gasteiger partial charge in [0.05, 0.1) is 27.0 Å². The molecule has 0 aliphatic rings. The number of benzene rings is 4. The Balaban J connectivity index is 1.71. The first-order chi connectivity index (χ1) is 16.4. The number of nitrogens with one attached hydrogen (secondary N) is 1. The number of thioether (sulfide) groups is 1. The molecule has 0 aliphatic heterocycles. The van der Waals surface area contributed by atoms with Gasteiger partial charge in [0.15, 0.2) is 0 Å². The zero-order valence-corrected chi connectivity index (χ0v) is 21.3. The van der Waals surface area contributed by atoms with E-state index in [2.05, 4.69) is 11.3 Å². The second-order valence-electron chi connectivity index (χ2n) is 9.16. The van der Waals surface area contributed by atoms with Crippen LogP contribution in [0, 0.1) is 0 Å². The molecule has 0 atom stereocenters. The van der Waals surface area contributed by atoms with E-state index >= 15 is 0 Å². The molecular weight excluding hydrogens is 482 g/mol. The van der Waals surface area contributed by atoms with Crippen molar-refractivity contribution in [3.8, 4) is 11.5 Å². The summed E-state index contributed by atoms with van der Waals surface area (Å²) < 4.78 is 35.3. The van der Waals surface area contributed by atoms with Crippen molar-refractivity contribution in [3.05, 3.63) is 79.1 Å². The van der Waals surface area contributed by atoms with Crippen molar-refractivity contribution in [1.29, 1.82) is 0 Å². The number of hydrogen-bond acceptors (Lipinski definition) is 6. The van der Waals surface area contributed by atoms with Crippen molar-refractivity contribution >= 4 is 49.0 Å². The molecule has 182 valence electrons. The molecule has 0 spiro atoms. The van der Waals surface area contributed by atoms with Crippen LogP contribution in [-0.4, -0.2) is 30.0 Å². The molecule has 4 aromatic rings. The second kappa shape index (κ2) is 9.36. The summed E-state index contributed by atoms with van der Waals surface area (Å²) in [6, 6.07) is 19.0. The predicted octanol–water partition coefficient (Wildman–Crippen LogP) is 6.84. The van der Waals surface area contributed by atoms with Crippen molar-refractivity contribution in [2.24, 2.45) is 0 Å². The highest BCUT2D eigenvalue weighted by Gasteiger charge is 2.20. The SMILES string of the molecule is C=C(O)CSc1cc(NS(=O)(=O)c2ccc3cc(OC(C)(C)C)ccc3c2)c2ccccc2c1O. The van der Waals surface area contributed by atoms with Gasteiger partial charge in [-0.3, -0.25) is 4.72 Å². The van der Waals surface area contributed by atoms with E-state index in [9.17, 15) is 18.6 Å². The van der Waals surface area contributed by atoms with Gasteiger partial charge in [-0.1, -0.05) is 43.0 Å². The highest BCUT2D eigenvalue weighted by Crippen LogP contribution is 2.41. The molecule has 0 heterocycles. The highest BCUT2D eigenvalue weighted by molar-refractivity contribution is 7.99. The third-order valence-corrected chi connectivity index (χ3v) is 7.60. The zero-order valence-electron chi connectivity index (χ0n) is 19.7. The lowest BCUT2D eigenvalue weighted by molar-refractivity contribution is 0.131. The Kier molecular flexibility index (Phi) is 6.62. The van der Waals surface area contributed by atoms with E-state index in [4.69, 9.17) is 4.74 Å². The van der Waals surface area contributed by atoms with Crippen molar-refractivity contribution in [1.82, 2.24) is 0 Å². The van der Waals surface area contributed by atoms with Gasteiger partial charge in [0.25, 0.3) is 10.0 Å². The van der Waals surface area contributed by atoms with E-state index in [1.165, 1.54) is 11.8 Å². The first-order valence-electron chi connectivity index (χ1n) is 10.9. The molecule has 0 amide bonds. The van der Waals surface area contributed by atoms with Crippen LogP contribution in [0.3, 0.4) is 0 Å². The minimum absolute atomic E-state index is 0.0220. The molecular formula is C27H27NO5S2. The molecule has 8 heteroatoms. The lowest BCUT2D eigenvalue weighted by Crippen LogP contribution is -2.22. The number of aliphatic hydroxyl groups excluding tert-OH is 1. The largest absolute Gasteiger partial charge is 0.512 e. The van der Waals surface area contributed by atoms with Crippen molar-refractivity contribution in [2.45, 2.75) is 36.2 Å². The molecule has 0 bridgehead atoms. The zero-order chi connectivity index (χ0) is 25.4. The monoisotopic (exact) mass is 509 g/mol. The van der Waals surface area contributed by atoms with Crippen molar-refractivity contribution in [2.75, 3.05) is 10.5 Å². The third-order valence-electron chi connectivity index (χ3n) is 5.14. The number of anilines is 1. The van der Waals surface area contributed by atoms with Gasteiger partial charge < -0.3 is 14.9 Å². The number of phenolic OH excluding ortho intramolecular Hbond substituents is 1. The number of phenols is 1. The van der Waals surface area contributed by atoms with Crippen LogP contribution >= 0.6 is 11.8 Å². The fourth-order valence-corrected chi connectivity index (χ4v) is 5.56. The highest BCUT2D eigenvalue weighted by atomic mass is 32.2. The Labute approximate surface area is 209 Å². The Bertz CT molecular complexity index is 1540. The van der Waals surface area contributed by atoms with Gasteiger partial charge in [0, 0.05) is 10.8 Å². The maximum Gasteiger partial charge on any atom is 0.261 e. The maximum absolute atomic E-state index is 13.3. The average Bonchev–Trinajstić information content (AvgIpc) is 2.78. The predicted molar refractivity (Wildman–Crippen MR) is 143 cm³/mol. The van der Waals surface area contributed by atoms with E-state index < -0.39 is 10.0 Å². The normalized spacial score (nSPS) is 12.1. The molecule has 0 radical (unpaired) electrons. The first-order valence-corrected chi connectivity index (χ1v) is 13.4. The lowest BCUT2D eigenvalue weighted by Gasteiger charge is -2.21. The molecule has 3 N–H and O–H groups in total. The molecule has 0 saturated carbocycles. The van der Waals surface area contributed by atoms with Crippen LogP contribution in [0.5, 0.6) is 11.5 Å². The third kappa shape index (κ3) is 5.66. The first kappa shape index (κ1) is 24.8. The summed E-state index contributed by atoms with van der Waals surface area (Å²) in [5.74, 6) is 0.861. The van der Waals surface area contributed by atoms with Crippen molar-refractivity contribution < 1.29 is 23.4 Å². The molecule has 0 saturated heterocycles. The smallest absolute Gasteiger partial charge is 0.261 e. The summed E-state index contributed by atoms with van der Waals surface area (Å²) in [6.07, 6.45) is 0. The lowest BCUT2D eigenvalue weighted by atomic mass is 10.1. The fourth-order valence-electron chi connectivity index (χ4n) is 3.68. The Morgan fingerprint density at radius 2 is 1.66 bits per heavy atom. The van der Waals surface area contributed by atoms with E-state index in [1.54, 1.807) is 48.5 Å². The van der Waals surface area contributed by atoms with Gasteiger partial charge in [0.1, 0.15) is 17.1 Å². The van der Waals surface area contributed by atoms with E-state index in [-0.39, 0.29) is 27.8 Å². The van der Waals surface area contributed by atoms with Gasteiger partial charge in [-0.2, -0.15) is 0 Å². The minimum Gasteiger partial charge on any atom is -0.512 e. The maximum atomic E-state index is 13.3. The summed E-state index contributed by atoms with van der Waals surface area (Å²) >= 11 is 1.17. The Morgan fingerprint density at radius 3 is 2.34 bits per heavy atom. The molecule has 0 unspecified atom stereocenters. The van der Waals surface area contributed by atoms with Crippen LogP contribution in [-0.2, 0) is 10.0 Å². The summed E-state index contributed by atoms with van der Waals surface area (Å²) in [5, 5.41) is 22.9. The van der Waals surface area contributed by atoms with E-state index in [1.807, 2.05) is 39.0 Å². The van der Waals surface area contributed by atoms with E-state index in [0.717, 1.165) is 10.8 Å². The summed E-state index contributed by atoms with van der Waals surface area (Å²) in [7, 11) is -3.94. The van der Waals surface area contributed by atoms with E-state index in [0.29, 0.717) is 27.1 Å². The van der Waals surface area contributed by atoms with Crippen LogP contribution in [0.1, 0.15) is 20.8 Å². The van der Waals surface area contributed by atoms with Gasteiger partial charge in [0.2, 0.25) is 0 Å². The fraction of sp³-hybridized carbons (Fsp3) is 0.185. The van der Waals surface area contributed by atoms with Crippen LogP contribution in [0.15, 0.2) is 88.9 Å². The quantitative estimate of drug-likeness (QED) is 0.143. The molecule has 0 aromatic heterocycles. The van der Waals surface area contributed by atoms with Crippen LogP contribution in [0.25, 0.3) is 21.5 Å². The van der Waals surface area contributed by atoms with Gasteiger partial charge in [-0.25, -0.2) is 8.42 Å². The number of aliphatic hydroxyl groups is 1. The Hall–Kier alpha value is -3.36. The van der Waals surface area contributed by atoms with Crippen LogP contribution < -0.4 is 9.46 Å². The molecule has 35 heavy (non-hydrogen) atoms. The van der Waals surface area contributed by atoms with Crippen molar-refractivity contribution in [3.63, 3.8) is 0 Å². The number of ether oxygens (including phenoxy) is 1. The summed E-state index contributed by atoms with van der Waals surface area (Å²) in [4.78, 5) is 0.547. The summed E-state index contributed by atoms with van der Waals surface area (Å²) in [6.45, 7) is 9.37. The number of rotatable bonds is 7.